The highest BCUT2D eigenvalue weighted by atomic mass is 32.2. The molecule has 0 aliphatic heterocycles. The molecule has 2 unspecified atom stereocenters. The van der Waals surface area contributed by atoms with E-state index in [1.165, 1.54) is 11.5 Å². The van der Waals surface area contributed by atoms with Gasteiger partial charge in [0.15, 0.2) is 4.34 Å². The molecule has 0 fully saturated rings. The van der Waals surface area contributed by atoms with Gasteiger partial charge in [-0.25, -0.2) is 4.98 Å². The van der Waals surface area contributed by atoms with Crippen LogP contribution < -0.4 is 5.32 Å². The monoisotopic (exact) mass is 289 g/mol. The third-order valence-electron chi connectivity index (χ3n) is 2.55. The fourth-order valence-corrected chi connectivity index (χ4v) is 3.89. The fraction of sp³-hybridized carbons (Fsp3) is 0.727. The lowest BCUT2D eigenvalue weighted by molar-refractivity contribution is -0.144. The number of nitrogens with zero attached hydrogens (tertiary/aromatic N) is 2. The number of hydrogen-bond donors (Lipinski definition) is 2. The number of carbonyl (C=O) groups is 1. The molecular formula is C11H19N3O2S2. The van der Waals surface area contributed by atoms with Crippen molar-refractivity contribution < 1.29 is 9.90 Å². The SMILES string of the molecule is CCNC(C)(CC(C)Sc1nc(C)ns1)C(=O)O. The zero-order valence-corrected chi connectivity index (χ0v) is 12.7. The Bertz CT molecular complexity index is 411. The number of aliphatic carboxylic acids is 1. The second-order valence-electron chi connectivity index (χ2n) is 4.41. The zero-order chi connectivity index (χ0) is 13.8. The summed E-state index contributed by atoms with van der Waals surface area (Å²) in [5.74, 6) is -0.0485. The van der Waals surface area contributed by atoms with Crippen molar-refractivity contribution >= 4 is 29.3 Å². The summed E-state index contributed by atoms with van der Waals surface area (Å²) < 4.78 is 5.01. The minimum Gasteiger partial charge on any atom is -0.480 e. The minimum atomic E-state index is -0.888. The smallest absolute Gasteiger partial charge is 0.323 e. The number of carboxylic acid groups (broad SMARTS) is 1. The summed E-state index contributed by atoms with van der Waals surface area (Å²) in [6, 6.07) is 0. The van der Waals surface area contributed by atoms with E-state index in [9.17, 15) is 9.90 Å². The lowest BCUT2D eigenvalue weighted by Crippen LogP contribution is -2.50. The molecular weight excluding hydrogens is 270 g/mol. The first-order chi connectivity index (χ1) is 8.37. The summed E-state index contributed by atoms with van der Waals surface area (Å²) in [4.78, 5) is 15.6. The summed E-state index contributed by atoms with van der Waals surface area (Å²) in [5.41, 5.74) is -0.888. The molecule has 0 aromatic carbocycles. The summed E-state index contributed by atoms with van der Waals surface area (Å²) in [7, 11) is 0. The maximum Gasteiger partial charge on any atom is 0.323 e. The van der Waals surface area contributed by atoms with E-state index in [0.717, 1.165) is 10.2 Å². The molecule has 7 heteroatoms. The number of likely N-dealkylation sites (N-methyl/N-ethyl adjacent to an activating group) is 1. The van der Waals surface area contributed by atoms with Crippen LogP contribution in [-0.4, -0.2) is 37.8 Å². The molecule has 2 N–H and O–H groups in total. The Kier molecular flexibility index (Phi) is 5.55. The van der Waals surface area contributed by atoms with Gasteiger partial charge in [0.2, 0.25) is 0 Å². The van der Waals surface area contributed by atoms with Gasteiger partial charge in [-0.05, 0) is 38.3 Å². The molecule has 0 saturated carbocycles. The number of thioether (sulfide) groups is 1. The first-order valence-electron chi connectivity index (χ1n) is 5.82. The third-order valence-corrected chi connectivity index (χ3v) is 4.52. The first kappa shape index (κ1) is 15.4. The van der Waals surface area contributed by atoms with Crippen LogP contribution in [0.3, 0.4) is 0 Å². The van der Waals surface area contributed by atoms with Crippen LogP contribution >= 0.6 is 23.3 Å². The van der Waals surface area contributed by atoms with Crippen LogP contribution in [0.25, 0.3) is 0 Å². The molecule has 0 aliphatic carbocycles. The van der Waals surface area contributed by atoms with Crippen molar-refractivity contribution in [3.63, 3.8) is 0 Å². The van der Waals surface area contributed by atoms with Crippen molar-refractivity contribution in [1.82, 2.24) is 14.7 Å². The largest absolute Gasteiger partial charge is 0.480 e. The number of aromatic nitrogens is 2. The maximum atomic E-state index is 11.3. The Morgan fingerprint density at radius 2 is 2.33 bits per heavy atom. The predicted octanol–water partition coefficient (Wildman–Crippen LogP) is 2.17. The van der Waals surface area contributed by atoms with Crippen LogP contribution in [0.15, 0.2) is 4.34 Å². The summed E-state index contributed by atoms with van der Waals surface area (Å²) in [6.45, 7) is 8.14. The van der Waals surface area contributed by atoms with E-state index < -0.39 is 11.5 Å². The van der Waals surface area contributed by atoms with Crippen LogP contribution in [0.5, 0.6) is 0 Å². The number of nitrogens with one attached hydrogen (secondary N) is 1. The highest BCUT2D eigenvalue weighted by Crippen LogP contribution is 2.29. The molecule has 1 heterocycles. The van der Waals surface area contributed by atoms with E-state index in [1.807, 2.05) is 20.8 Å². The molecule has 0 amide bonds. The normalized spacial score (nSPS) is 16.2. The summed E-state index contributed by atoms with van der Waals surface area (Å²) >= 11 is 2.94. The van der Waals surface area contributed by atoms with Gasteiger partial charge < -0.3 is 10.4 Å². The van der Waals surface area contributed by atoms with E-state index >= 15 is 0 Å². The molecule has 18 heavy (non-hydrogen) atoms. The Hall–Kier alpha value is -0.660. The molecule has 0 aliphatic rings. The molecule has 1 rings (SSSR count). The van der Waals surface area contributed by atoms with Crippen LogP contribution in [0.4, 0.5) is 0 Å². The van der Waals surface area contributed by atoms with Gasteiger partial charge in [0.25, 0.3) is 0 Å². The Morgan fingerprint density at radius 1 is 1.67 bits per heavy atom. The highest BCUT2D eigenvalue weighted by Gasteiger charge is 2.34. The molecule has 2 atom stereocenters. The third kappa shape index (κ3) is 4.22. The van der Waals surface area contributed by atoms with Gasteiger partial charge >= 0.3 is 5.97 Å². The molecule has 1 aromatic rings. The molecule has 0 radical (unpaired) electrons. The summed E-state index contributed by atoms with van der Waals surface area (Å²) in [5, 5.41) is 12.5. The topological polar surface area (TPSA) is 75.1 Å². The fourth-order valence-electron chi connectivity index (χ4n) is 1.74. The molecule has 0 saturated heterocycles. The Morgan fingerprint density at radius 3 is 2.78 bits per heavy atom. The van der Waals surface area contributed by atoms with E-state index in [2.05, 4.69) is 14.7 Å². The van der Waals surface area contributed by atoms with Crippen LogP contribution in [0, 0.1) is 6.92 Å². The summed E-state index contributed by atoms with van der Waals surface area (Å²) in [6.07, 6.45) is 0.541. The molecule has 0 bridgehead atoms. The number of aryl methyl sites for hydroxylation is 1. The Labute approximate surface area is 116 Å². The van der Waals surface area contributed by atoms with E-state index in [4.69, 9.17) is 0 Å². The highest BCUT2D eigenvalue weighted by molar-refractivity contribution is 8.01. The lowest BCUT2D eigenvalue weighted by Gasteiger charge is -2.28. The molecule has 102 valence electrons. The van der Waals surface area contributed by atoms with Crippen molar-refractivity contribution in [3.05, 3.63) is 5.82 Å². The molecule has 5 nitrogen and oxygen atoms in total. The van der Waals surface area contributed by atoms with E-state index in [0.29, 0.717) is 13.0 Å². The second-order valence-corrected chi connectivity index (χ2v) is 6.85. The predicted molar refractivity (Wildman–Crippen MR) is 74.3 cm³/mol. The van der Waals surface area contributed by atoms with Gasteiger partial charge in [0.1, 0.15) is 11.4 Å². The molecule has 1 aromatic heterocycles. The van der Waals surface area contributed by atoms with Crippen LogP contribution in [0.2, 0.25) is 0 Å². The van der Waals surface area contributed by atoms with Gasteiger partial charge in [0, 0.05) is 5.25 Å². The van der Waals surface area contributed by atoms with Crippen molar-refractivity contribution in [1.29, 1.82) is 0 Å². The number of rotatable bonds is 7. The van der Waals surface area contributed by atoms with Crippen LogP contribution in [-0.2, 0) is 4.79 Å². The maximum absolute atomic E-state index is 11.3. The minimum absolute atomic E-state index is 0.164. The Balaban J connectivity index is 2.61. The average Bonchev–Trinajstić information content (AvgIpc) is 2.63. The van der Waals surface area contributed by atoms with Crippen LogP contribution in [0.1, 0.15) is 33.0 Å². The van der Waals surface area contributed by atoms with E-state index in [1.54, 1.807) is 18.7 Å². The van der Waals surface area contributed by atoms with Crippen molar-refractivity contribution in [3.8, 4) is 0 Å². The second kappa shape index (κ2) is 6.49. The first-order valence-corrected chi connectivity index (χ1v) is 7.48. The van der Waals surface area contributed by atoms with Gasteiger partial charge in [-0.1, -0.05) is 25.6 Å². The quantitative estimate of drug-likeness (QED) is 0.749. The van der Waals surface area contributed by atoms with Crippen molar-refractivity contribution in [2.45, 2.75) is 49.2 Å². The van der Waals surface area contributed by atoms with Gasteiger partial charge in [-0.2, -0.15) is 4.37 Å². The van der Waals surface area contributed by atoms with Crippen molar-refractivity contribution in [2.75, 3.05) is 6.54 Å². The number of hydrogen-bond acceptors (Lipinski definition) is 6. The van der Waals surface area contributed by atoms with E-state index in [-0.39, 0.29) is 5.25 Å². The van der Waals surface area contributed by atoms with Gasteiger partial charge in [0.05, 0.1) is 0 Å². The number of carboxylic acids is 1. The zero-order valence-electron chi connectivity index (χ0n) is 11.1. The van der Waals surface area contributed by atoms with Gasteiger partial charge in [-0.15, -0.1) is 0 Å². The lowest BCUT2D eigenvalue weighted by atomic mass is 9.96. The molecule has 0 spiro atoms. The standard InChI is InChI=1S/C11H19N3O2S2/c1-5-12-11(4,9(15)16)6-7(2)17-10-13-8(3)14-18-10/h7,12H,5-6H2,1-4H3,(H,15,16). The van der Waals surface area contributed by atoms with Crippen molar-refractivity contribution in [2.24, 2.45) is 0 Å². The average molecular weight is 289 g/mol. The van der Waals surface area contributed by atoms with Gasteiger partial charge in [-0.3, -0.25) is 4.79 Å².